The van der Waals surface area contributed by atoms with E-state index in [1.54, 1.807) is 21.9 Å². The van der Waals surface area contributed by atoms with Gasteiger partial charge in [-0.3, -0.25) is 9.48 Å². The number of hydrogen-bond acceptors (Lipinski definition) is 4. The highest BCUT2D eigenvalue weighted by atomic mass is 19.1. The molecule has 0 bridgehead atoms. The maximum atomic E-state index is 14.2. The molecule has 2 heterocycles. The highest BCUT2D eigenvalue weighted by Crippen LogP contribution is 2.33. The summed E-state index contributed by atoms with van der Waals surface area (Å²) < 4.78 is 16.0. The van der Waals surface area contributed by atoms with Crippen LogP contribution in [0.25, 0.3) is 10.9 Å². The monoisotopic (exact) mass is 353 g/mol. The molecule has 0 saturated carbocycles. The maximum Gasteiger partial charge on any atom is 0.341 e. The van der Waals surface area contributed by atoms with Gasteiger partial charge in [0.15, 0.2) is 0 Å². The molecule has 1 atom stereocenters. The highest BCUT2D eigenvalue weighted by molar-refractivity contribution is 6.24. The van der Waals surface area contributed by atoms with Crippen molar-refractivity contribution in [1.82, 2.24) is 14.7 Å². The lowest BCUT2D eigenvalue weighted by Gasteiger charge is -2.36. The molecule has 26 heavy (non-hydrogen) atoms. The number of allylic oxidation sites excluding steroid dienone is 2. The Kier molecular flexibility index (Phi) is 3.72. The average molecular weight is 353 g/mol. The minimum atomic E-state index is -1.35. The molecule has 132 valence electrons. The average Bonchev–Trinajstić information content (AvgIpc) is 2.97. The minimum Gasteiger partial charge on any atom is -0.477 e. The summed E-state index contributed by atoms with van der Waals surface area (Å²) in [6.45, 7) is 0.365. The zero-order chi connectivity index (χ0) is 18.4. The van der Waals surface area contributed by atoms with E-state index in [0.717, 1.165) is 16.5 Å². The molecule has 1 aliphatic heterocycles. The second-order valence-corrected chi connectivity index (χ2v) is 6.43. The summed E-state index contributed by atoms with van der Waals surface area (Å²) in [4.78, 5) is 25.5. The molecular formula is C19H16FN3O3. The number of aromatic nitrogens is 2. The van der Waals surface area contributed by atoms with Crippen molar-refractivity contribution < 1.29 is 19.1 Å². The van der Waals surface area contributed by atoms with Crippen molar-refractivity contribution in [2.45, 2.75) is 19.0 Å². The number of Topliss-reactive ketones (excluding diaryl/α,β-unsaturated/α-hetero) is 1. The summed E-state index contributed by atoms with van der Waals surface area (Å²) >= 11 is 0. The van der Waals surface area contributed by atoms with E-state index in [4.69, 9.17) is 0 Å². The SMILES string of the molecule is Cn1ncc2cc(CN3C=C(C(=O)O)C(=O)C4=C(F)C=CCC43)ccc21. The number of carbonyl (C=O) groups excluding carboxylic acids is 1. The molecule has 1 aromatic heterocycles. The Morgan fingerprint density at radius 3 is 3.00 bits per heavy atom. The van der Waals surface area contributed by atoms with Gasteiger partial charge in [-0.2, -0.15) is 5.10 Å². The van der Waals surface area contributed by atoms with Gasteiger partial charge in [-0.15, -0.1) is 0 Å². The van der Waals surface area contributed by atoms with Crippen molar-refractivity contribution in [3.63, 3.8) is 0 Å². The third-order valence-electron chi connectivity index (χ3n) is 4.80. The lowest BCUT2D eigenvalue weighted by atomic mass is 9.87. The second-order valence-electron chi connectivity index (χ2n) is 6.43. The molecule has 0 spiro atoms. The fourth-order valence-corrected chi connectivity index (χ4v) is 3.52. The largest absolute Gasteiger partial charge is 0.477 e. The molecular weight excluding hydrogens is 337 g/mol. The van der Waals surface area contributed by atoms with Gasteiger partial charge in [-0.1, -0.05) is 12.1 Å². The van der Waals surface area contributed by atoms with E-state index in [1.165, 1.54) is 12.3 Å². The van der Waals surface area contributed by atoms with Crippen molar-refractivity contribution >= 4 is 22.7 Å². The number of halogens is 1. The van der Waals surface area contributed by atoms with Crippen LogP contribution in [0.5, 0.6) is 0 Å². The fraction of sp³-hybridized carbons (Fsp3) is 0.211. The lowest BCUT2D eigenvalue weighted by Crippen LogP contribution is -2.42. The number of hydrogen-bond donors (Lipinski definition) is 1. The molecule has 2 aromatic rings. The summed E-state index contributed by atoms with van der Waals surface area (Å²) in [5.74, 6) is -2.76. The first-order valence-electron chi connectivity index (χ1n) is 8.18. The Morgan fingerprint density at radius 1 is 1.42 bits per heavy atom. The van der Waals surface area contributed by atoms with Crippen LogP contribution in [-0.4, -0.2) is 37.6 Å². The van der Waals surface area contributed by atoms with Gasteiger partial charge in [0.1, 0.15) is 11.4 Å². The fourth-order valence-electron chi connectivity index (χ4n) is 3.52. The van der Waals surface area contributed by atoms with E-state index in [9.17, 15) is 19.1 Å². The number of carboxylic acid groups (broad SMARTS) is 1. The molecule has 4 rings (SSSR count). The highest BCUT2D eigenvalue weighted by Gasteiger charge is 2.38. The van der Waals surface area contributed by atoms with E-state index in [0.29, 0.717) is 13.0 Å². The Labute approximate surface area is 148 Å². The van der Waals surface area contributed by atoms with E-state index < -0.39 is 29.2 Å². The van der Waals surface area contributed by atoms with E-state index in [-0.39, 0.29) is 5.57 Å². The first-order chi connectivity index (χ1) is 12.5. The van der Waals surface area contributed by atoms with Gasteiger partial charge >= 0.3 is 5.97 Å². The Balaban J connectivity index is 1.74. The molecule has 2 aliphatic rings. The Bertz CT molecular complexity index is 1030. The van der Waals surface area contributed by atoms with Crippen LogP contribution in [-0.2, 0) is 23.2 Å². The van der Waals surface area contributed by atoms with Crippen LogP contribution >= 0.6 is 0 Å². The van der Waals surface area contributed by atoms with Crippen LogP contribution in [0.1, 0.15) is 12.0 Å². The van der Waals surface area contributed by atoms with Crippen molar-refractivity contribution in [1.29, 1.82) is 0 Å². The predicted octanol–water partition coefficient (Wildman–Crippen LogP) is 2.48. The zero-order valence-corrected chi connectivity index (χ0v) is 14.0. The van der Waals surface area contributed by atoms with Crippen molar-refractivity contribution in [3.05, 3.63) is 65.3 Å². The van der Waals surface area contributed by atoms with Crippen molar-refractivity contribution in [2.24, 2.45) is 7.05 Å². The Morgan fingerprint density at radius 2 is 2.23 bits per heavy atom. The molecule has 0 saturated heterocycles. The molecule has 1 aliphatic carbocycles. The van der Waals surface area contributed by atoms with Crippen molar-refractivity contribution in [2.75, 3.05) is 0 Å². The zero-order valence-electron chi connectivity index (χ0n) is 14.0. The van der Waals surface area contributed by atoms with E-state index >= 15 is 0 Å². The van der Waals surface area contributed by atoms with Gasteiger partial charge in [-0.25, -0.2) is 9.18 Å². The number of fused-ring (bicyclic) bond motifs is 2. The summed E-state index contributed by atoms with van der Waals surface area (Å²) in [7, 11) is 1.86. The Hall–Kier alpha value is -3.22. The van der Waals surface area contributed by atoms with Crippen LogP contribution in [0, 0.1) is 0 Å². The van der Waals surface area contributed by atoms with Crippen LogP contribution in [0.15, 0.2) is 59.7 Å². The summed E-state index contributed by atoms with van der Waals surface area (Å²) in [5, 5.41) is 14.5. The van der Waals surface area contributed by atoms with Gasteiger partial charge in [0, 0.05) is 25.2 Å². The number of benzene rings is 1. The summed E-state index contributed by atoms with van der Waals surface area (Å²) in [6, 6.07) is 5.32. The number of ketones is 1. The minimum absolute atomic E-state index is 0.0742. The van der Waals surface area contributed by atoms with Crippen LogP contribution < -0.4 is 0 Å². The summed E-state index contributed by atoms with van der Waals surface area (Å²) in [5.41, 5.74) is 1.42. The van der Waals surface area contributed by atoms with E-state index in [1.807, 2.05) is 25.2 Å². The topological polar surface area (TPSA) is 75.4 Å². The number of aryl methyl sites for hydroxylation is 1. The molecule has 0 amide bonds. The maximum absolute atomic E-state index is 14.2. The standard InChI is InChI=1S/C19H16FN3O3/c1-22-15-6-5-11(7-12(15)8-21-22)9-23-10-13(19(25)26)18(24)17-14(20)3-2-4-16(17)23/h2-3,5-8,10,16H,4,9H2,1H3,(H,25,26). The van der Waals surface area contributed by atoms with Crippen LogP contribution in [0.2, 0.25) is 0 Å². The molecule has 0 fully saturated rings. The normalized spacial score (nSPS) is 19.8. The second kappa shape index (κ2) is 5.94. The van der Waals surface area contributed by atoms with Crippen LogP contribution in [0.4, 0.5) is 4.39 Å². The third-order valence-corrected chi connectivity index (χ3v) is 4.80. The third kappa shape index (κ3) is 2.52. The molecule has 0 radical (unpaired) electrons. The van der Waals surface area contributed by atoms with Gasteiger partial charge < -0.3 is 10.0 Å². The number of carbonyl (C=O) groups is 2. The molecule has 1 N–H and O–H groups in total. The number of rotatable bonds is 3. The molecule has 1 aromatic carbocycles. The van der Waals surface area contributed by atoms with E-state index in [2.05, 4.69) is 5.10 Å². The molecule has 1 unspecified atom stereocenters. The van der Waals surface area contributed by atoms with Gasteiger partial charge in [0.25, 0.3) is 0 Å². The number of aliphatic carboxylic acids is 1. The van der Waals surface area contributed by atoms with Gasteiger partial charge in [0.2, 0.25) is 5.78 Å². The van der Waals surface area contributed by atoms with Crippen LogP contribution in [0.3, 0.4) is 0 Å². The number of nitrogens with zero attached hydrogens (tertiary/aromatic N) is 3. The summed E-state index contributed by atoms with van der Waals surface area (Å²) in [6.07, 6.45) is 6.43. The first kappa shape index (κ1) is 16.3. The molecule has 7 heteroatoms. The van der Waals surface area contributed by atoms with Gasteiger partial charge in [0.05, 0.1) is 23.3 Å². The predicted molar refractivity (Wildman–Crippen MR) is 92.7 cm³/mol. The number of carboxylic acids is 1. The molecule has 6 nitrogen and oxygen atoms in total. The smallest absolute Gasteiger partial charge is 0.341 e. The lowest BCUT2D eigenvalue weighted by molar-refractivity contribution is -0.134. The quantitative estimate of drug-likeness (QED) is 0.858. The first-order valence-corrected chi connectivity index (χ1v) is 8.18. The van der Waals surface area contributed by atoms with Gasteiger partial charge in [-0.05, 0) is 30.2 Å². The van der Waals surface area contributed by atoms with Crippen molar-refractivity contribution in [3.8, 4) is 0 Å².